The zero-order valence-corrected chi connectivity index (χ0v) is 11.8. The van der Waals surface area contributed by atoms with Crippen LogP contribution in [0.25, 0.3) is 0 Å². The number of rotatable bonds is 7. The van der Waals surface area contributed by atoms with Gasteiger partial charge in [0.05, 0.1) is 6.61 Å². The Hall–Kier alpha value is -1.84. The quantitative estimate of drug-likeness (QED) is 0.840. The highest BCUT2D eigenvalue weighted by Gasteiger charge is 2.02. The minimum Gasteiger partial charge on any atom is -0.489 e. The Morgan fingerprint density at radius 3 is 2.50 bits per heavy atom. The lowest BCUT2D eigenvalue weighted by Gasteiger charge is -2.15. The van der Waals surface area contributed by atoms with Crippen LogP contribution >= 0.6 is 0 Å². The summed E-state index contributed by atoms with van der Waals surface area (Å²) in [6, 6.07) is 18.2. The van der Waals surface area contributed by atoms with E-state index in [0.29, 0.717) is 13.2 Å². The second kappa shape index (κ2) is 7.68. The first kappa shape index (κ1) is 14.6. The summed E-state index contributed by atoms with van der Waals surface area (Å²) in [5.74, 6) is 0.878. The zero-order chi connectivity index (χ0) is 14.2. The average Bonchev–Trinajstić information content (AvgIpc) is 2.47. The molecule has 2 rings (SSSR count). The SMILES string of the molecule is CN(CCO)Cc1cccc(OCc2ccccc2)c1. The van der Waals surface area contributed by atoms with Crippen molar-refractivity contribution in [3.8, 4) is 5.75 Å². The van der Waals surface area contributed by atoms with Crippen LogP contribution in [0.2, 0.25) is 0 Å². The van der Waals surface area contributed by atoms with Crippen LogP contribution in [0.3, 0.4) is 0 Å². The fourth-order valence-electron chi connectivity index (χ4n) is 2.04. The maximum absolute atomic E-state index is 8.91. The van der Waals surface area contributed by atoms with E-state index < -0.39 is 0 Å². The molecule has 0 aliphatic carbocycles. The molecule has 0 aliphatic heterocycles. The molecule has 3 nitrogen and oxygen atoms in total. The highest BCUT2D eigenvalue weighted by atomic mass is 16.5. The standard InChI is InChI=1S/C17H21NO2/c1-18(10-11-19)13-16-8-5-9-17(12-16)20-14-15-6-3-2-4-7-15/h2-9,12,19H,10-11,13-14H2,1H3. The lowest BCUT2D eigenvalue weighted by molar-refractivity contribution is 0.217. The van der Waals surface area contributed by atoms with Gasteiger partial charge in [-0.05, 0) is 30.3 Å². The number of likely N-dealkylation sites (N-methyl/N-ethyl adjacent to an activating group) is 1. The molecule has 20 heavy (non-hydrogen) atoms. The Morgan fingerprint density at radius 1 is 1.00 bits per heavy atom. The number of nitrogens with zero attached hydrogens (tertiary/aromatic N) is 1. The van der Waals surface area contributed by atoms with E-state index in [9.17, 15) is 0 Å². The van der Waals surface area contributed by atoms with E-state index >= 15 is 0 Å². The van der Waals surface area contributed by atoms with Gasteiger partial charge in [-0.15, -0.1) is 0 Å². The summed E-state index contributed by atoms with van der Waals surface area (Å²) in [6.07, 6.45) is 0. The molecule has 2 aromatic rings. The third-order valence-corrected chi connectivity index (χ3v) is 3.08. The number of aliphatic hydroxyl groups is 1. The van der Waals surface area contributed by atoms with E-state index in [0.717, 1.165) is 17.9 Å². The lowest BCUT2D eigenvalue weighted by Crippen LogP contribution is -2.21. The molecule has 1 N–H and O–H groups in total. The molecule has 0 bridgehead atoms. The molecule has 0 radical (unpaired) electrons. The smallest absolute Gasteiger partial charge is 0.120 e. The molecule has 0 amide bonds. The van der Waals surface area contributed by atoms with Gasteiger partial charge in [0.1, 0.15) is 12.4 Å². The summed E-state index contributed by atoms with van der Waals surface area (Å²) in [4.78, 5) is 2.08. The van der Waals surface area contributed by atoms with Crippen molar-refractivity contribution in [1.29, 1.82) is 0 Å². The van der Waals surface area contributed by atoms with Gasteiger partial charge >= 0.3 is 0 Å². The first-order valence-electron chi connectivity index (χ1n) is 6.83. The van der Waals surface area contributed by atoms with Gasteiger partial charge in [-0.25, -0.2) is 0 Å². The van der Waals surface area contributed by atoms with Crippen molar-refractivity contribution in [3.63, 3.8) is 0 Å². The molecule has 106 valence electrons. The van der Waals surface area contributed by atoms with Gasteiger partial charge in [0, 0.05) is 13.1 Å². The Kier molecular flexibility index (Phi) is 5.59. The molecule has 0 aromatic heterocycles. The third kappa shape index (κ3) is 4.68. The van der Waals surface area contributed by atoms with Crippen molar-refractivity contribution < 1.29 is 9.84 Å². The van der Waals surface area contributed by atoms with Gasteiger partial charge in [-0.3, -0.25) is 4.90 Å². The molecule has 0 fully saturated rings. The van der Waals surface area contributed by atoms with Crippen molar-refractivity contribution in [3.05, 3.63) is 65.7 Å². The molecule has 0 aliphatic rings. The lowest BCUT2D eigenvalue weighted by atomic mass is 10.2. The molecule has 2 aromatic carbocycles. The summed E-state index contributed by atoms with van der Waals surface area (Å²) in [7, 11) is 1.99. The predicted molar refractivity (Wildman–Crippen MR) is 80.6 cm³/mol. The van der Waals surface area contributed by atoms with E-state index in [1.807, 2.05) is 37.4 Å². The second-order valence-corrected chi connectivity index (χ2v) is 4.88. The second-order valence-electron chi connectivity index (χ2n) is 4.88. The molecule has 0 spiro atoms. The minimum absolute atomic E-state index is 0.181. The summed E-state index contributed by atoms with van der Waals surface area (Å²) >= 11 is 0. The van der Waals surface area contributed by atoms with E-state index in [1.165, 1.54) is 5.56 Å². The van der Waals surface area contributed by atoms with Crippen LogP contribution in [-0.4, -0.2) is 30.2 Å². The van der Waals surface area contributed by atoms with Crippen LogP contribution in [0.15, 0.2) is 54.6 Å². The van der Waals surface area contributed by atoms with Crippen molar-refractivity contribution in [1.82, 2.24) is 4.90 Å². The van der Waals surface area contributed by atoms with Crippen LogP contribution in [-0.2, 0) is 13.2 Å². The maximum Gasteiger partial charge on any atom is 0.120 e. The molecular formula is C17H21NO2. The van der Waals surface area contributed by atoms with E-state index in [4.69, 9.17) is 9.84 Å². The normalized spacial score (nSPS) is 10.8. The Morgan fingerprint density at radius 2 is 1.75 bits per heavy atom. The van der Waals surface area contributed by atoms with Crippen molar-refractivity contribution in [2.75, 3.05) is 20.2 Å². The summed E-state index contributed by atoms with van der Waals surface area (Å²) < 4.78 is 5.81. The van der Waals surface area contributed by atoms with Crippen LogP contribution in [0.4, 0.5) is 0 Å². The maximum atomic E-state index is 8.91. The van der Waals surface area contributed by atoms with E-state index in [-0.39, 0.29) is 6.61 Å². The van der Waals surface area contributed by atoms with Gasteiger partial charge in [-0.2, -0.15) is 0 Å². The first-order valence-corrected chi connectivity index (χ1v) is 6.83. The number of hydrogen-bond acceptors (Lipinski definition) is 3. The fourth-order valence-corrected chi connectivity index (χ4v) is 2.04. The molecule has 0 saturated carbocycles. The fraction of sp³-hybridized carbons (Fsp3) is 0.294. The molecular weight excluding hydrogens is 250 g/mol. The summed E-state index contributed by atoms with van der Waals surface area (Å²) in [5, 5.41) is 8.91. The Balaban J connectivity index is 1.92. The van der Waals surface area contributed by atoms with Gasteiger partial charge < -0.3 is 9.84 Å². The molecule has 0 saturated heterocycles. The van der Waals surface area contributed by atoms with Gasteiger partial charge in [0.2, 0.25) is 0 Å². The highest BCUT2D eigenvalue weighted by Crippen LogP contribution is 2.16. The number of hydrogen-bond donors (Lipinski definition) is 1. The van der Waals surface area contributed by atoms with Gasteiger partial charge in [0.25, 0.3) is 0 Å². The van der Waals surface area contributed by atoms with Crippen LogP contribution in [0.5, 0.6) is 5.75 Å². The molecule has 0 unspecified atom stereocenters. The highest BCUT2D eigenvalue weighted by molar-refractivity contribution is 5.29. The van der Waals surface area contributed by atoms with Gasteiger partial charge in [0.15, 0.2) is 0 Å². The van der Waals surface area contributed by atoms with Gasteiger partial charge in [-0.1, -0.05) is 42.5 Å². The minimum atomic E-state index is 0.181. The number of aliphatic hydroxyl groups excluding tert-OH is 1. The number of benzene rings is 2. The van der Waals surface area contributed by atoms with Crippen molar-refractivity contribution >= 4 is 0 Å². The predicted octanol–water partition coefficient (Wildman–Crippen LogP) is 2.69. The van der Waals surface area contributed by atoms with E-state index in [2.05, 4.69) is 29.2 Å². The summed E-state index contributed by atoms with van der Waals surface area (Å²) in [5.41, 5.74) is 2.35. The van der Waals surface area contributed by atoms with Crippen molar-refractivity contribution in [2.45, 2.75) is 13.2 Å². The van der Waals surface area contributed by atoms with Crippen LogP contribution in [0, 0.1) is 0 Å². The van der Waals surface area contributed by atoms with Crippen LogP contribution < -0.4 is 4.74 Å². The van der Waals surface area contributed by atoms with Crippen molar-refractivity contribution in [2.24, 2.45) is 0 Å². The topological polar surface area (TPSA) is 32.7 Å². The zero-order valence-electron chi connectivity index (χ0n) is 11.8. The van der Waals surface area contributed by atoms with Crippen LogP contribution in [0.1, 0.15) is 11.1 Å². The number of ether oxygens (including phenoxy) is 1. The first-order chi connectivity index (χ1) is 9.78. The average molecular weight is 271 g/mol. The Bertz CT molecular complexity index is 513. The molecule has 0 atom stereocenters. The molecule has 0 heterocycles. The summed E-state index contributed by atoms with van der Waals surface area (Å²) in [6.45, 7) is 2.25. The van der Waals surface area contributed by atoms with E-state index in [1.54, 1.807) is 0 Å². The Labute approximate surface area is 120 Å². The molecule has 3 heteroatoms. The monoisotopic (exact) mass is 271 g/mol. The third-order valence-electron chi connectivity index (χ3n) is 3.08. The largest absolute Gasteiger partial charge is 0.489 e.